The molecule has 0 spiro atoms. The highest BCUT2D eigenvalue weighted by molar-refractivity contribution is 5.33. The minimum Gasteiger partial charge on any atom is -0.323 e. The second-order valence-electron chi connectivity index (χ2n) is 5.51. The van der Waals surface area contributed by atoms with Gasteiger partial charge in [-0.05, 0) is 43.6 Å². The average molecular weight is 216 g/mol. The fraction of sp³-hybridized carbons (Fsp3) is 0.571. The topological polar surface area (TPSA) is 52.0 Å². The molecule has 1 aromatic carbocycles. The quantitative estimate of drug-likeness (QED) is 0.795. The third kappa shape index (κ3) is 1.26. The second-order valence-corrected chi connectivity index (χ2v) is 5.51. The molecule has 0 aliphatic heterocycles. The third-order valence-electron chi connectivity index (χ3n) is 4.59. The van der Waals surface area contributed by atoms with E-state index in [0.717, 1.165) is 12.8 Å². The van der Waals surface area contributed by atoms with Crippen LogP contribution in [0.1, 0.15) is 37.7 Å². The van der Waals surface area contributed by atoms with E-state index < -0.39 is 0 Å². The molecule has 2 atom stereocenters. The first-order chi connectivity index (χ1) is 7.67. The first-order valence-corrected chi connectivity index (χ1v) is 6.30. The summed E-state index contributed by atoms with van der Waals surface area (Å²) in [6.45, 7) is 0. The summed E-state index contributed by atoms with van der Waals surface area (Å²) < 4.78 is 0. The van der Waals surface area contributed by atoms with Crippen LogP contribution in [0.2, 0.25) is 0 Å². The Balaban J connectivity index is 2.03. The summed E-state index contributed by atoms with van der Waals surface area (Å²) in [5.41, 5.74) is 14.1. The maximum absolute atomic E-state index is 6.67. The lowest BCUT2D eigenvalue weighted by Gasteiger charge is -2.41. The molecule has 0 bridgehead atoms. The van der Waals surface area contributed by atoms with E-state index in [1.807, 2.05) is 6.07 Å². The second kappa shape index (κ2) is 3.31. The van der Waals surface area contributed by atoms with Gasteiger partial charge in [0.25, 0.3) is 0 Å². The Kier molecular flexibility index (Phi) is 2.13. The zero-order chi connectivity index (χ0) is 11.2. The molecular formula is C14H20N2. The molecular weight excluding hydrogens is 196 g/mol. The van der Waals surface area contributed by atoms with Crippen LogP contribution in [0.4, 0.5) is 0 Å². The Hall–Kier alpha value is -0.860. The van der Waals surface area contributed by atoms with Gasteiger partial charge >= 0.3 is 0 Å². The molecule has 2 saturated carbocycles. The number of rotatable bonds is 2. The number of hydrogen-bond acceptors (Lipinski definition) is 2. The predicted octanol–water partition coefficient (Wildman–Crippen LogP) is 2.13. The van der Waals surface area contributed by atoms with E-state index >= 15 is 0 Å². The largest absolute Gasteiger partial charge is 0.323 e. The van der Waals surface area contributed by atoms with Crippen molar-refractivity contribution in [3.8, 4) is 0 Å². The van der Waals surface area contributed by atoms with Gasteiger partial charge in [0.05, 0.1) is 5.54 Å². The van der Waals surface area contributed by atoms with Crippen molar-refractivity contribution >= 4 is 0 Å². The first kappa shape index (κ1) is 10.3. The van der Waals surface area contributed by atoms with Gasteiger partial charge in [0.1, 0.15) is 0 Å². The molecule has 3 rings (SSSR count). The van der Waals surface area contributed by atoms with Crippen molar-refractivity contribution in [3.05, 3.63) is 35.9 Å². The maximum atomic E-state index is 6.67. The van der Waals surface area contributed by atoms with E-state index in [9.17, 15) is 0 Å². The molecule has 0 heterocycles. The highest BCUT2D eigenvalue weighted by Gasteiger charge is 2.57. The lowest BCUT2D eigenvalue weighted by atomic mass is 9.73. The molecule has 16 heavy (non-hydrogen) atoms. The molecule has 0 aromatic heterocycles. The number of hydrogen-bond donors (Lipinski definition) is 2. The first-order valence-electron chi connectivity index (χ1n) is 6.30. The molecule has 0 saturated heterocycles. The van der Waals surface area contributed by atoms with Crippen molar-refractivity contribution in [1.29, 1.82) is 0 Å². The van der Waals surface area contributed by atoms with Crippen LogP contribution in [0.25, 0.3) is 0 Å². The summed E-state index contributed by atoms with van der Waals surface area (Å²) in [5, 5.41) is 0. The molecule has 86 valence electrons. The fourth-order valence-electron chi connectivity index (χ4n) is 3.43. The summed E-state index contributed by atoms with van der Waals surface area (Å²) in [5.74, 6) is 0.653. The van der Waals surface area contributed by atoms with Crippen LogP contribution in [0.3, 0.4) is 0 Å². The minimum atomic E-state index is -0.296. The molecule has 2 nitrogen and oxygen atoms in total. The van der Waals surface area contributed by atoms with Gasteiger partial charge in [-0.1, -0.05) is 30.3 Å². The van der Waals surface area contributed by atoms with Gasteiger partial charge in [-0.2, -0.15) is 0 Å². The van der Waals surface area contributed by atoms with Crippen LogP contribution in [-0.4, -0.2) is 5.54 Å². The van der Waals surface area contributed by atoms with Crippen LogP contribution in [0, 0.1) is 5.92 Å². The normalized spacial score (nSPS) is 38.9. The molecule has 0 amide bonds. The molecule has 2 aliphatic rings. The van der Waals surface area contributed by atoms with Gasteiger partial charge in [-0.3, -0.25) is 0 Å². The molecule has 0 radical (unpaired) electrons. The molecule has 2 heteroatoms. The van der Waals surface area contributed by atoms with Crippen molar-refractivity contribution in [2.75, 3.05) is 0 Å². The van der Waals surface area contributed by atoms with Gasteiger partial charge in [-0.15, -0.1) is 0 Å². The van der Waals surface area contributed by atoms with Crippen molar-refractivity contribution in [2.45, 2.75) is 43.2 Å². The van der Waals surface area contributed by atoms with E-state index in [2.05, 4.69) is 24.3 Å². The summed E-state index contributed by atoms with van der Waals surface area (Å²) in [4.78, 5) is 0. The van der Waals surface area contributed by atoms with Crippen molar-refractivity contribution in [3.63, 3.8) is 0 Å². The Morgan fingerprint density at radius 1 is 1.00 bits per heavy atom. The zero-order valence-corrected chi connectivity index (χ0v) is 9.65. The van der Waals surface area contributed by atoms with Crippen molar-refractivity contribution in [1.82, 2.24) is 0 Å². The van der Waals surface area contributed by atoms with Crippen LogP contribution >= 0.6 is 0 Å². The van der Waals surface area contributed by atoms with E-state index in [1.54, 1.807) is 0 Å². The average Bonchev–Trinajstić information content (AvgIpc) is 3.10. The predicted molar refractivity (Wildman–Crippen MR) is 65.8 cm³/mol. The van der Waals surface area contributed by atoms with Crippen LogP contribution in [0.15, 0.2) is 30.3 Å². The SMILES string of the molecule is NC1(c2ccccc2)CCCC1(N)C1CC1. The highest BCUT2D eigenvalue weighted by Crippen LogP contribution is 2.54. The minimum absolute atomic E-state index is 0.158. The van der Waals surface area contributed by atoms with Crippen molar-refractivity contribution in [2.24, 2.45) is 17.4 Å². The lowest BCUT2D eigenvalue weighted by molar-refractivity contribution is 0.230. The lowest BCUT2D eigenvalue weighted by Crippen LogP contribution is -2.61. The summed E-state index contributed by atoms with van der Waals surface area (Å²) in [6.07, 6.45) is 5.82. The standard InChI is InChI=1S/C14H20N2/c15-13(11-5-2-1-3-6-11)9-4-10-14(13,16)12-7-8-12/h1-3,5-6,12H,4,7-10,15-16H2. The molecule has 2 unspecified atom stereocenters. The van der Waals surface area contributed by atoms with Gasteiger partial charge in [0.15, 0.2) is 0 Å². The summed E-state index contributed by atoms with van der Waals surface area (Å²) in [6, 6.07) is 10.4. The van der Waals surface area contributed by atoms with Crippen LogP contribution in [0.5, 0.6) is 0 Å². The Morgan fingerprint density at radius 2 is 1.69 bits per heavy atom. The van der Waals surface area contributed by atoms with E-state index in [-0.39, 0.29) is 11.1 Å². The molecule has 2 aliphatic carbocycles. The Labute approximate surface area is 97.0 Å². The van der Waals surface area contributed by atoms with E-state index in [0.29, 0.717) is 5.92 Å². The van der Waals surface area contributed by atoms with E-state index in [4.69, 9.17) is 11.5 Å². The van der Waals surface area contributed by atoms with Crippen LogP contribution in [-0.2, 0) is 5.54 Å². The third-order valence-corrected chi connectivity index (χ3v) is 4.59. The van der Waals surface area contributed by atoms with E-state index in [1.165, 1.54) is 24.8 Å². The van der Waals surface area contributed by atoms with Crippen LogP contribution < -0.4 is 11.5 Å². The summed E-state index contributed by atoms with van der Waals surface area (Å²) in [7, 11) is 0. The zero-order valence-electron chi connectivity index (χ0n) is 9.65. The van der Waals surface area contributed by atoms with Gasteiger partial charge in [-0.25, -0.2) is 0 Å². The van der Waals surface area contributed by atoms with Gasteiger partial charge < -0.3 is 11.5 Å². The fourth-order valence-corrected chi connectivity index (χ4v) is 3.43. The highest BCUT2D eigenvalue weighted by atomic mass is 15.0. The molecule has 2 fully saturated rings. The van der Waals surface area contributed by atoms with Gasteiger partial charge in [0.2, 0.25) is 0 Å². The monoisotopic (exact) mass is 216 g/mol. The smallest absolute Gasteiger partial charge is 0.0594 e. The summed E-state index contributed by atoms with van der Waals surface area (Å²) >= 11 is 0. The van der Waals surface area contributed by atoms with Gasteiger partial charge in [0, 0.05) is 5.54 Å². The molecule has 4 N–H and O–H groups in total. The number of benzene rings is 1. The number of nitrogens with two attached hydrogens (primary N) is 2. The molecule has 1 aromatic rings. The Morgan fingerprint density at radius 3 is 2.31 bits per heavy atom. The van der Waals surface area contributed by atoms with Crippen molar-refractivity contribution < 1.29 is 0 Å². The Bertz CT molecular complexity index is 385. The maximum Gasteiger partial charge on any atom is 0.0594 e.